The number of rotatable bonds is 5. The monoisotopic (exact) mass is 452 g/mol. The average molecular weight is 452 g/mol. The highest BCUT2D eigenvalue weighted by atomic mass is 127. The number of guanidine groups is 1. The molecule has 0 bridgehead atoms. The zero-order chi connectivity index (χ0) is 15.9. The fourth-order valence-electron chi connectivity index (χ4n) is 2.65. The Kier molecular flexibility index (Phi) is 9.30. The molecule has 1 aliphatic rings. The van der Waals surface area contributed by atoms with Crippen LogP contribution in [0.1, 0.15) is 24.4 Å². The Morgan fingerprint density at radius 3 is 2.87 bits per heavy atom. The average Bonchev–Trinajstić information content (AvgIpc) is 2.93. The first-order valence-corrected chi connectivity index (χ1v) is 8.95. The molecular formula is C15H29IN6S. The standard InChI is InChI=1S/C15H28N6S.HI/c1-16-15(19-13-6-5-7-22-11-13)17-9-14(20(2)3)12-8-18-21(4)10-12;/h8,10,13-14H,5-7,9,11H2,1-4H3,(H2,16,17,19);1H. The van der Waals surface area contributed by atoms with Gasteiger partial charge in [-0.3, -0.25) is 9.67 Å². The van der Waals surface area contributed by atoms with E-state index in [0.717, 1.165) is 12.5 Å². The van der Waals surface area contributed by atoms with Crippen LogP contribution in [0.2, 0.25) is 0 Å². The zero-order valence-corrected chi connectivity index (χ0v) is 17.6. The van der Waals surface area contributed by atoms with Crippen LogP contribution in [0.15, 0.2) is 17.4 Å². The molecule has 6 nitrogen and oxygen atoms in total. The Bertz CT molecular complexity index is 484. The van der Waals surface area contributed by atoms with Crippen molar-refractivity contribution in [3.8, 4) is 0 Å². The zero-order valence-electron chi connectivity index (χ0n) is 14.5. The van der Waals surface area contributed by atoms with Crippen LogP contribution in [0, 0.1) is 0 Å². The molecule has 1 fully saturated rings. The summed E-state index contributed by atoms with van der Waals surface area (Å²) >= 11 is 2.02. The summed E-state index contributed by atoms with van der Waals surface area (Å²) in [5.41, 5.74) is 1.21. The van der Waals surface area contributed by atoms with Crippen LogP contribution < -0.4 is 10.6 Å². The lowest BCUT2D eigenvalue weighted by Gasteiger charge is -2.27. The first-order chi connectivity index (χ1) is 10.6. The molecule has 8 heteroatoms. The maximum absolute atomic E-state index is 4.36. The van der Waals surface area contributed by atoms with Crippen molar-refractivity contribution in [2.24, 2.45) is 12.0 Å². The molecule has 23 heavy (non-hydrogen) atoms. The number of aliphatic imine (C=N–C) groups is 1. The fourth-order valence-corrected chi connectivity index (χ4v) is 3.72. The summed E-state index contributed by atoms with van der Waals surface area (Å²) < 4.78 is 1.85. The van der Waals surface area contributed by atoms with Crippen molar-refractivity contribution < 1.29 is 0 Å². The van der Waals surface area contributed by atoms with E-state index in [1.54, 1.807) is 0 Å². The van der Waals surface area contributed by atoms with Gasteiger partial charge in [0.15, 0.2) is 5.96 Å². The number of likely N-dealkylation sites (N-methyl/N-ethyl adjacent to an activating group) is 1. The summed E-state index contributed by atoms with van der Waals surface area (Å²) in [6.07, 6.45) is 6.52. The highest BCUT2D eigenvalue weighted by Gasteiger charge is 2.18. The van der Waals surface area contributed by atoms with Crippen molar-refractivity contribution in [3.63, 3.8) is 0 Å². The van der Waals surface area contributed by atoms with Crippen molar-refractivity contribution in [1.82, 2.24) is 25.3 Å². The van der Waals surface area contributed by atoms with E-state index >= 15 is 0 Å². The van der Waals surface area contributed by atoms with Crippen LogP contribution in [-0.2, 0) is 7.05 Å². The van der Waals surface area contributed by atoms with E-state index in [2.05, 4.69) is 45.9 Å². The molecule has 2 atom stereocenters. The van der Waals surface area contributed by atoms with Crippen LogP contribution in [0.4, 0.5) is 0 Å². The van der Waals surface area contributed by atoms with Gasteiger partial charge in [-0.1, -0.05) is 0 Å². The smallest absolute Gasteiger partial charge is 0.191 e. The summed E-state index contributed by atoms with van der Waals surface area (Å²) in [6.45, 7) is 0.804. The predicted octanol–water partition coefficient (Wildman–Crippen LogP) is 1.70. The van der Waals surface area contributed by atoms with E-state index in [9.17, 15) is 0 Å². The largest absolute Gasteiger partial charge is 0.354 e. The minimum absolute atomic E-state index is 0. The number of nitrogens with one attached hydrogen (secondary N) is 2. The number of halogens is 1. The molecule has 1 saturated heterocycles. The third-order valence-corrected chi connectivity index (χ3v) is 5.14. The number of aryl methyl sites for hydroxylation is 1. The molecule has 2 rings (SSSR count). The molecule has 0 aromatic carbocycles. The van der Waals surface area contributed by atoms with Gasteiger partial charge in [-0.2, -0.15) is 16.9 Å². The van der Waals surface area contributed by atoms with Crippen LogP contribution in [0.5, 0.6) is 0 Å². The van der Waals surface area contributed by atoms with Crippen molar-refractivity contribution in [3.05, 3.63) is 18.0 Å². The van der Waals surface area contributed by atoms with Gasteiger partial charge in [0.05, 0.1) is 12.2 Å². The summed E-state index contributed by atoms with van der Waals surface area (Å²) in [7, 11) is 7.96. The summed E-state index contributed by atoms with van der Waals surface area (Å²) in [6, 6.07) is 0.800. The van der Waals surface area contributed by atoms with Crippen LogP contribution >= 0.6 is 35.7 Å². The van der Waals surface area contributed by atoms with E-state index in [0.29, 0.717) is 6.04 Å². The first kappa shape index (κ1) is 20.6. The van der Waals surface area contributed by atoms with Crippen LogP contribution in [0.3, 0.4) is 0 Å². The van der Waals surface area contributed by atoms with Gasteiger partial charge in [-0.25, -0.2) is 0 Å². The van der Waals surface area contributed by atoms with E-state index < -0.39 is 0 Å². The Morgan fingerprint density at radius 2 is 2.35 bits per heavy atom. The van der Waals surface area contributed by atoms with Gasteiger partial charge in [0.25, 0.3) is 0 Å². The number of nitrogens with zero attached hydrogens (tertiary/aromatic N) is 4. The topological polar surface area (TPSA) is 57.5 Å². The van der Waals surface area contributed by atoms with Gasteiger partial charge in [-0.15, -0.1) is 24.0 Å². The lowest BCUT2D eigenvalue weighted by atomic mass is 10.1. The Balaban J connectivity index is 0.00000264. The van der Waals surface area contributed by atoms with Crippen molar-refractivity contribution in [2.45, 2.75) is 24.9 Å². The SMILES string of the molecule is CN=C(NCC(c1cnn(C)c1)N(C)C)NC1CCCSC1.I. The predicted molar refractivity (Wildman–Crippen MR) is 110 cm³/mol. The molecule has 1 aromatic rings. The van der Waals surface area contributed by atoms with Gasteiger partial charge >= 0.3 is 0 Å². The van der Waals surface area contributed by atoms with Gasteiger partial charge in [-0.05, 0) is 32.7 Å². The number of hydrogen-bond acceptors (Lipinski definition) is 4. The van der Waals surface area contributed by atoms with Crippen molar-refractivity contribution >= 4 is 41.7 Å². The van der Waals surface area contributed by atoms with E-state index in [-0.39, 0.29) is 30.0 Å². The molecule has 2 unspecified atom stereocenters. The summed E-state index contributed by atoms with van der Waals surface area (Å²) in [5, 5.41) is 11.3. The number of thioether (sulfide) groups is 1. The highest BCUT2D eigenvalue weighted by molar-refractivity contribution is 14.0. The Morgan fingerprint density at radius 1 is 1.57 bits per heavy atom. The quantitative estimate of drug-likeness (QED) is 0.405. The van der Waals surface area contributed by atoms with Crippen molar-refractivity contribution in [1.29, 1.82) is 0 Å². The molecule has 1 aliphatic heterocycles. The highest BCUT2D eigenvalue weighted by Crippen LogP contribution is 2.17. The summed E-state index contributed by atoms with van der Waals surface area (Å²) in [5.74, 6) is 3.34. The minimum Gasteiger partial charge on any atom is -0.354 e. The van der Waals surface area contributed by atoms with Gasteiger partial charge in [0, 0.05) is 44.2 Å². The minimum atomic E-state index is 0. The molecule has 0 aliphatic carbocycles. The lowest BCUT2D eigenvalue weighted by Crippen LogP contribution is -2.47. The maximum atomic E-state index is 4.36. The second-order valence-electron chi connectivity index (χ2n) is 5.94. The second-order valence-corrected chi connectivity index (χ2v) is 7.09. The maximum Gasteiger partial charge on any atom is 0.191 e. The molecule has 1 aromatic heterocycles. The number of hydrogen-bond donors (Lipinski definition) is 2. The van der Waals surface area contributed by atoms with E-state index in [4.69, 9.17) is 0 Å². The molecule has 0 amide bonds. The van der Waals surface area contributed by atoms with Gasteiger partial charge in [0.2, 0.25) is 0 Å². The molecule has 0 spiro atoms. The van der Waals surface area contributed by atoms with Crippen LogP contribution in [0.25, 0.3) is 0 Å². The fraction of sp³-hybridized carbons (Fsp3) is 0.733. The Labute approximate surface area is 160 Å². The first-order valence-electron chi connectivity index (χ1n) is 7.80. The molecule has 2 N–H and O–H groups in total. The van der Waals surface area contributed by atoms with Crippen molar-refractivity contribution in [2.75, 3.05) is 39.2 Å². The second kappa shape index (κ2) is 10.4. The Hall–Kier alpha value is -0.480. The third kappa shape index (κ3) is 6.50. The van der Waals surface area contributed by atoms with Gasteiger partial charge in [0.1, 0.15) is 0 Å². The molecular weight excluding hydrogens is 423 g/mol. The molecule has 2 heterocycles. The third-order valence-electron chi connectivity index (χ3n) is 3.92. The molecule has 132 valence electrons. The van der Waals surface area contributed by atoms with Gasteiger partial charge < -0.3 is 15.5 Å². The van der Waals surface area contributed by atoms with Crippen LogP contribution in [-0.4, -0.2) is 65.9 Å². The lowest BCUT2D eigenvalue weighted by molar-refractivity contribution is 0.298. The summed E-state index contributed by atoms with van der Waals surface area (Å²) in [4.78, 5) is 6.56. The molecule has 0 saturated carbocycles. The molecule has 0 radical (unpaired) electrons. The normalized spacial score (nSPS) is 20.0. The van der Waals surface area contributed by atoms with E-state index in [1.165, 1.54) is 29.9 Å². The number of aromatic nitrogens is 2. The van der Waals surface area contributed by atoms with E-state index in [1.807, 2.05) is 36.7 Å².